The maximum absolute atomic E-state index is 11.3. The standard InChI is InChI=1S/C10H16N2OS/c1-10(2,3)7-5-9(13)12-8(11-7)6-14-4/h5H,6H2,1-4H3,(H,11,12,13). The molecule has 3 nitrogen and oxygen atoms in total. The molecule has 0 fully saturated rings. The van der Waals surface area contributed by atoms with E-state index >= 15 is 0 Å². The number of hydrogen-bond donors (Lipinski definition) is 1. The summed E-state index contributed by atoms with van der Waals surface area (Å²) in [6.45, 7) is 6.16. The molecule has 1 rings (SSSR count). The van der Waals surface area contributed by atoms with Gasteiger partial charge in [0.05, 0.1) is 11.4 Å². The van der Waals surface area contributed by atoms with Crippen molar-refractivity contribution in [3.05, 3.63) is 27.9 Å². The van der Waals surface area contributed by atoms with E-state index in [4.69, 9.17) is 0 Å². The average Bonchev–Trinajstić information content (AvgIpc) is 2.02. The minimum atomic E-state index is -0.0680. The van der Waals surface area contributed by atoms with Gasteiger partial charge in [-0.3, -0.25) is 4.79 Å². The Balaban J connectivity index is 3.14. The third-order valence-electron chi connectivity index (χ3n) is 1.84. The summed E-state index contributed by atoms with van der Waals surface area (Å²) >= 11 is 1.65. The van der Waals surface area contributed by atoms with Crippen molar-refractivity contribution in [3.63, 3.8) is 0 Å². The number of nitrogens with one attached hydrogen (secondary N) is 1. The topological polar surface area (TPSA) is 45.8 Å². The second-order valence-electron chi connectivity index (χ2n) is 4.26. The van der Waals surface area contributed by atoms with Crippen LogP contribution in [0.1, 0.15) is 32.3 Å². The molecule has 1 heterocycles. The molecule has 0 aliphatic carbocycles. The zero-order valence-electron chi connectivity index (χ0n) is 9.05. The first-order chi connectivity index (χ1) is 6.43. The van der Waals surface area contributed by atoms with E-state index in [1.54, 1.807) is 17.8 Å². The lowest BCUT2D eigenvalue weighted by Crippen LogP contribution is -2.20. The minimum Gasteiger partial charge on any atom is -0.310 e. The number of nitrogens with zero attached hydrogens (tertiary/aromatic N) is 1. The summed E-state index contributed by atoms with van der Waals surface area (Å²) in [6, 6.07) is 1.57. The molecule has 78 valence electrons. The third-order valence-corrected chi connectivity index (χ3v) is 2.40. The zero-order chi connectivity index (χ0) is 10.8. The van der Waals surface area contributed by atoms with E-state index in [2.05, 4.69) is 30.7 Å². The lowest BCUT2D eigenvalue weighted by Gasteiger charge is -2.17. The highest BCUT2D eigenvalue weighted by Crippen LogP contribution is 2.18. The van der Waals surface area contributed by atoms with Gasteiger partial charge in [-0.15, -0.1) is 0 Å². The van der Waals surface area contributed by atoms with E-state index in [0.717, 1.165) is 17.3 Å². The molecule has 0 aliphatic heterocycles. The highest BCUT2D eigenvalue weighted by Gasteiger charge is 2.16. The van der Waals surface area contributed by atoms with Crippen LogP contribution in [0.15, 0.2) is 10.9 Å². The van der Waals surface area contributed by atoms with Gasteiger partial charge < -0.3 is 4.98 Å². The predicted molar refractivity (Wildman–Crippen MR) is 60.8 cm³/mol. The fourth-order valence-electron chi connectivity index (χ4n) is 1.10. The summed E-state index contributed by atoms with van der Waals surface area (Å²) in [5.74, 6) is 1.51. The van der Waals surface area contributed by atoms with Crippen molar-refractivity contribution in [2.75, 3.05) is 6.26 Å². The third kappa shape index (κ3) is 2.87. The van der Waals surface area contributed by atoms with Crippen LogP contribution < -0.4 is 5.56 Å². The Morgan fingerprint density at radius 2 is 2.14 bits per heavy atom. The van der Waals surface area contributed by atoms with Crippen LogP contribution >= 0.6 is 11.8 Å². The van der Waals surface area contributed by atoms with Crippen molar-refractivity contribution in [3.8, 4) is 0 Å². The Morgan fingerprint density at radius 3 is 2.64 bits per heavy atom. The lowest BCUT2D eigenvalue weighted by atomic mass is 9.92. The van der Waals surface area contributed by atoms with Crippen LogP contribution in [0, 0.1) is 0 Å². The number of hydrogen-bond acceptors (Lipinski definition) is 3. The van der Waals surface area contributed by atoms with Gasteiger partial charge in [-0.05, 0) is 6.26 Å². The number of H-pyrrole nitrogens is 1. The number of rotatable bonds is 2. The van der Waals surface area contributed by atoms with Gasteiger partial charge in [0.25, 0.3) is 5.56 Å². The van der Waals surface area contributed by atoms with Gasteiger partial charge in [0.2, 0.25) is 0 Å². The highest BCUT2D eigenvalue weighted by atomic mass is 32.2. The van der Waals surface area contributed by atoms with Gasteiger partial charge in [-0.2, -0.15) is 11.8 Å². The summed E-state index contributed by atoms with van der Waals surface area (Å²) in [7, 11) is 0. The highest BCUT2D eigenvalue weighted by molar-refractivity contribution is 7.97. The molecule has 0 spiro atoms. The summed E-state index contributed by atoms with van der Waals surface area (Å²) < 4.78 is 0. The van der Waals surface area contributed by atoms with Gasteiger partial charge in [0.1, 0.15) is 5.82 Å². The van der Waals surface area contributed by atoms with E-state index in [1.165, 1.54) is 0 Å². The summed E-state index contributed by atoms with van der Waals surface area (Å²) in [5.41, 5.74) is 0.723. The van der Waals surface area contributed by atoms with Crippen LogP contribution in [-0.2, 0) is 11.2 Å². The van der Waals surface area contributed by atoms with E-state index in [0.29, 0.717) is 0 Å². The number of aromatic nitrogens is 2. The molecule has 0 atom stereocenters. The lowest BCUT2D eigenvalue weighted by molar-refractivity contribution is 0.562. The summed E-state index contributed by atoms with van der Waals surface area (Å²) in [5, 5.41) is 0. The molecular formula is C10H16N2OS. The number of thioether (sulfide) groups is 1. The summed E-state index contributed by atoms with van der Waals surface area (Å²) in [4.78, 5) is 18.5. The van der Waals surface area contributed by atoms with Gasteiger partial charge in [0.15, 0.2) is 0 Å². The largest absolute Gasteiger partial charge is 0.310 e. The van der Waals surface area contributed by atoms with Crippen LogP contribution in [0.25, 0.3) is 0 Å². The van der Waals surface area contributed by atoms with Crippen molar-refractivity contribution in [1.29, 1.82) is 0 Å². The summed E-state index contributed by atoms with van der Waals surface area (Å²) in [6.07, 6.45) is 1.99. The molecule has 0 radical (unpaired) electrons. The van der Waals surface area contributed by atoms with E-state index < -0.39 is 0 Å². The fraction of sp³-hybridized carbons (Fsp3) is 0.600. The van der Waals surface area contributed by atoms with Gasteiger partial charge in [-0.1, -0.05) is 20.8 Å². The van der Waals surface area contributed by atoms with Gasteiger partial charge in [-0.25, -0.2) is 4.98 Å². The molecule has 0 saturated carbocycles. The van der Waals surface area contributed by atoms with Crippen LogP contribution in [0.5, 0.6) is 0 Å². The minimum absolute atomic E-state index is 0.0611. The SMILES string of the molecule is CSCc1nc(C(C)(C)C)cc(=O)[nH]1. The molecular weight excluding hydrogens is 196 g/mol. The average molecular weight is 212 g/mol. The monoisotopic (exact) mass is 212 g/mol. The molecule has 0 aromatic carbocycles. The van der Waals surface area contributed by atoms with Crippen molar-refractivity contribution in [2.24, 2.45) is 0 Å². The zero-order valence-corrected chi connectivity index (χ0v) is 9.86. The van der Waals surface area contributed by atoms with E-state index in [1.807, 2.05) is 6.26 Å². The molecule has 1 aromatic rings. The van der Waals surface area contributed by atoms with Crippen LogP contribution in [0.4, 0.5) is 0 Å². The predicted octanol–water partition coefficient (Wildman–Crippen LogP) is 1.93. The first kappa shape index (κ1) is 11.3. The molecule has 14 heavy (non-hydrogen) atoms. The Kier molecular flexibility index (Phi) is 3.37. The molecule has 1 N–H and O–H groups in total. The second-order valence-corrected chi connectivity index (χ2v) is 5.13. The Morgan fingerprint density at radius 1 is 1.50 bits per heavy atom. The first-order valence-electron chi connectivity index (χ1n) is 4.53. The van der Waals surface area contributed by atoms with E-state index in [-0.39, 0.29) is 11.0 Å². The fourth-order valence-corrected chi connectivity index (χ4v) is 1.51. The first-order valence-corrected chi connectivity index (χ1v) is 5.92. The Hall–Kier alpha value is -0.770. The maximum Gasteiger partial charge on any atom is 0.251 e. The Labute approximate surface area is 88.3 Å². The maximum atomic E-state index is 11.3. The van der Waals surface area contributed by atoms with Crippen molar-refractivity contribution in [1.82, 2.24) is 9.97 Å². The number of aromatic amines is 1. The normalized spacial score (nSPS) is 11.7. The quantitative estimate of drug-likeness (QED) is 0.814. The molecule has 4 heteroatoms. The van der Waals surface area contributed by atoms with Crippen LogP contribution in [0.2, 0.25) is 0 Å². The molecule has 1 aromatic heterocycles. The molecule has 0 aliphatic rings. The van der Waals surface area contributed by atoms with Crippen LogP contribution in [-0.4, -0.2) is 16.2 Å². The second kappa shape index (κ2) is 4.17. The van der Waals surface area contributed by atoms with Gasteiger partial charge in [0, 0.05) is 11.5 Å². The van der Waals surface area contributed by atoms with Crippen molar-refractivity contribution < 1.29 is 0 Å². The molecule has 0 saturated heterocycles. The molecule has 0 bridgehead atoms. The molecule has 0 unspecified atom stereocenters. The van der Waals surface area contributed by atoms with Crippen molar-refractivity contribution >= 4 is 11.8 Å². The van der Waals surface area contributed by atoms with E-state index in [9.17, 15) is 4.79 Å². The van der Waals surface area contributed by atoms with Gasteiger partial charge >= 0.3 is 0 Å². The Bertz CT molecular complexity index is 365. The van der Waals surface area contributed by atoms with Crippen LogP contribution in [0.3, 0.4) is 0 Å². The molecule has 0 amide bonds. The smallest absolute Gasteiger partial charge is 0.251 e. The van der Waals surface area contributed by atoms with Crippen molar-refractivity contribution in [2.45, 2.75) is 31.9 Å².